The first kappa shape index (κ1) is 11.2. The van der Waals surface area contributed by atoms with Crippen molar-refractivity contribution < 1.29 is 4.39 Å². The van der Waals surface area contributed by atoms with Crippen molar-refractivity contribution >= 4 is 0 Å². The Bertz CT molecular complexity index is 289. The van der Waals surface area contributed by atoms with E-state index in [1.54, 1.807) is 6.07 Å². The molecular weight excluding hydrogens is 175 g/mol. The third kappa shape index (κ3) is 3.49. The SMILES string of the molecule is Cc1ccc(CCCC(C)C)c(F)c1. The maximum absolute atomic E-state index is 13.4. The third-order valence-electron chi connectivity index (χ3n) is 2.44. The molecule has 0 saturated heterocycles. The normalized spacial score (nSPS) is 10.9. The number of hydrogen-bond donors (Lipinski definition) is 0. The van der Waals surface area contributed by atoms with Crippen LogP contribution >= 0.6 is 0 Å². The van der Waals surface area contributed by atoms with Gasteiger partial charge < -0.3 is 0 Å². The van der Waals surface area contributed by atoms with Crippen molar-refractivity contribution in [1.29, 1.82) is 0 Å². The molecule has 1 rings (SSSR count). The molecule has 0 bridgehead atoms. The number of benzene rings is 1. The van der Waals surface area contributed by atoms with Crippen LogP contribution in [0.15, 0.2) is 18.2 Å². The number of halogens is 1. The van der Waals surface area contributed by atoms with Gasteiger partial charge in [-0.25, -0.2) is 4.39 Å². The van der Waals surface area contributed by atoms with Crippen LogP contribution in [0.25, 0.3) is 0 Å². The van der Waals surface area contributed by atoms with Crippen LogP contribution < -0.4 is 0 Å². The molecule has 0 fully saturated rings. The lowest BCUT2D eigenvalue weighted by atomic mass is 10.0. The van der Waals surface area contributed by atoms with Crippen LogP contribution in [0.1, 0.15) is 37.8 Å². The summed E-state index contributed by atoms with van der Waals surface area (Å²) in [4.78, 5) is 0. The highest BCUT2D eigenvalue weighted by Crippen LogP contribution is 2.14. The smallest absolute Gasteiger partial charge is 0.126 e. The minimum atomic E-state index is -0.0474. The van der Waals surface area contributed by atoms with Gasteiger partial charge in [0.05, 0.1) is 0 Å². The average molecular weight is 194 g/mol. The van der Waals surface area contributed by atoms with Crippen molar-refractivity contribution in [1.82, 2.24) is 0 Å². The summed E-state index contributed by atoms with van der Waals surface area (Å²) in [5, 5.41) is 0. The number of rotatable bonds is 4. The Kier molecular flexibility index (Phi) is 4.12. The van der Waals surface area contributed by atoms with E-state index < -0.39 is 0 Å². The van der Waals surface area contributed by atoms with Gasteiger partial charge in [-0.15, -0.1) is 0 Å². The monoisotopic (exact) mass is 194 g/mol. The first-order chi connectivity index (χ1) is 6.59. The van der Waals surface area contributed by atoms with Crippen molar-refractivity contribution in [2.24, 2.45) is 5.92 Å². The fourth-order valence-corrected chi connectivity index (χ4v) is 1.56. The van der Waals surface area contributed by atoms with Gasteiger partial charge in [0.1, 0.15) is 5.82 Å². The van der Waals surface area contributed by atoms with Gasteiger partial charge in [0.25, 0.3) is 0 Å². The van der Waals surface area contributed by atoms with E-state index in [1.807, 2.05) is 19.1 Å². The zero-order valence-electron chi connectivity index (χ0n) is 9.31. The highest BCUT2D eigenvalue weighted by Gasteiger charge is 2.02. The lowest BCUT2D eigenvalue weighted by Crippen LogP contribution is -1.94. The minimum absolute atomic E-state index is 0.0474. The predicted octanol–water partition coefficient (Wildman–Crippen LogP) is 4.11. The highest BCUT2D eigenvalue weighted by atomic mass is 19.1. The van der Waals surface area contributed by atoms with Gasteiger partial charge in [0.15, 0.2) is 0 Å². The second kappa shape index (κ2) is 5.14. The van der Waals surface area contributed by atoms with E-state index in [9.17, 15) is 4.39 Å². The molecule has 0 amide bonds. The van der Waals surface area contributed by atoms with E-state index in [0.717, 1.165) is 24.0 Å². The Hall–Kier alpha value is -0.850. The number of aryl methyl sites for hydroxylation is 2. The molecule has 0 atom stereocenters. The van der Waals surface area contributed by atoms with E-state index in [1.165, 1.54) is 6.42 Å². The molecule has 14 heavy (non-hydrogen) atoms. The Balaban J connectivity index is 2.51. The van der Waals surface area contributed by atoms with Crippen molar-refractivity contribution in [3.05, 3.63) is 35.1 Å². The molecule has 1 aromatic carbocycles. The summed E-state index contributed by atoms with van der Waals surface area (Å²) < 4.78 is 13.4. The van der Waals surface area contributed by atoms with Crippen LogP contribution in [0.5, 0.6) is 0 Å². The molecule has 0 aliphatic rings. The summed E-state index contributed by atoms with van der Waals surface area (Å²) in [5.41, 5.74) is 1.85. The van der Waals surface area contributed by atoms with E-state index in [0.29, 0.717) is 5.92 Å². The zero-order chi connectivity index (χ0) is 10.6. The molecule has 0 heterocycles. The molecule has 0 radical (unpaired) electrons. The van der Waals surface area contributed by atoms with E-state index in [-0.39, 0.29) is 5.82 Å². The topological polar surface area (TPSA) is 0 Å². The second-order valence-electron chi connectivity index (χ2n) is 4.38. The van der Waals surface area contributed by atoms with Crippen LogP contribution in [0, 0.1) is 18.7 Å². The largest absolute Gasteiger partial charge is 0.207 e. The maximum atomic E-state index is 13.4. The van der Waals surface area contributed by atoms with Crippen molar-refractivity contribution in [3.63, 3.8) is 0 Å². The van der Waals surface area contributed by atoms with Gasteiger partial charge >= 0.3 is 0 Å². The molecule has 1 aromatic rings. The fourth-order valence-electron chi connectivity index (χ4n) is 1.56. The summed E-state index contributed by atoms with van der Waals surface area (Å²) >= 11 is 0. The first-order valence-corrected chi connectivity index (χ1v) is 5.34. The molecule has 0 aromatic heterocycles. The maximum Gasteiger partial charge on any atom is 0.126 e. The lowest BCUT2D eigenvalue weighted by Gasteiger charge is -2.06. The van der Waals surface area contributed by atoms with Gasteiger partial charge in [-0.3, -0.25) is 0 Å². The molecule has 0 aliphatic carbocycles. The Labute approximate surface area is 86.2 Å². The van der Waals surface area contributed by atoms with Crippen LogP contribution in [0.2, 0.25) is 0 Å². The average Bonchev–Trinajstić information content (AvgIpc) is 2.08. The van der Waals surface area contributed by atoms with Crippen molar-refractivity contribution in [3.8, 4) is 0 Å². The second-order valence-corrected chi connectivity index (χ2v) is 4.38. The minimum Gasteiger partial charge on any atom is -0.207 e. The van der Waals surface area contributed by atoms with Crippen LogP contribution in [-0.2, 0) is 6.42 Å². The van der Waals surface area contributed by atoms with Crippen LogP contribution in [0.3, 0.4) is 0 Å². The molecule has 0 nitrogen and oxygen atoms in total. The fraction of sp³-hybridized carbons (Fsp3) is 0.538. The van der Waals surface area contributed by atoms with Crippen molar-refractivity contribution in [2.75, 3.05) is 0 Å². The molecule has 0 N–H and O–H groups in total. The number of hydrogen-bond acceptors (Lipinski definition) is 0. The summed E-state index contributed by atoms with van der Waals surface area (Å²) in [7, 11) is 0. The van der Waals surface area contributed by atoms with E-state index in [4.69, 9.17) is 0 Å². The highest BCUT2D eigenvalue weighted by molar-refractivity contribution is 5.23. The summed E-state index contributed by atoms with van der Waals surface area (Å²) in [6, 6.07) is 5.50. The Morgan fingerprint density at radius 1 is 1.29 bits per heavy atom. The zero-order valence-corrected chi connectivity index (χ0v) is 9.31. The summed E-state index contributed by atoms with van der Waals surface area (Å²) in [6.45, 7) is 6.32. The van der Waals surface area contributed by atoms with Crippen LogP contribution in [0.4, 0.5) is 4.39 Å². The van der Waals surface area contributed by atoms with E-state index in [2.05, 4.69) is 13.8 Å². The molecular formula is C13H19F. The van der Waals surface area contributed by atoms with Gasteiger partial charge in [-0.1, -0.05) is 32.4 Å². The molecule has 0 saturated carbocycles. The molecule has 0 spiro atoms. The Morgan fingerprint density at radius 3 is 2.57 bits per heavy atom. The summed E-state index contributed by atoms with van der Waals surface area (Å²) in [6.07, 6.45) is 3.12. The standard InChI is InChI=1S/C13H19F/c1-10(2)5-4-6-12-8-7-11(3)9-13(12)14/h7-10H,4-6H2,1-3H3. The third-order valence-corrected chi connectivity index (χ3v) is 2.44. The molecule has 1 heteroatoms. The van der Waals surface area contributed by atoms with Crippen LogP contribution in [-0.4, -0.2) is 0 Å². The lowest BCUT2D eigenvalue weighted by molar-refractivity contribution is 0.542. The van der Waals surface area contributed by atoms with Gasteiger partial charge in [0.2, 0.25) is 0 Å². The predicted molar refractivity (Wildman–Crippen MR) is 58.9 cm³/mol. The first-order valence-electron chi connectivity index (χ1n) is 5.34. The van der Waals surface area contributed by atoms with Gasteiger partial charge in [-0.2, -0.15) is 0 Å². The van der Waals surface area contributed by atoms with Gasteiger partial charge in [0, 0.05) is 0 Å². The quantitative estimate of drug-likeness (QED) is 0.676. The molecule has 78 valence electrons. The Morgan fingerprint density at radius 2 is 2.00 bits per heavy atom. The van der Waals surface area contributed by atoms with Gasteiger partial charge in [-0.05, 0) is 42.9 Å². The molecule has 0 unspecified atom stereocenters. The van der Waals surface area contributed by atoms with Crippen molar-refractivity contribution in [2.45, 2.75) is 40.0 Å². The molecule has 0 aliphatic heterocycles. The summed E-state index contributed by atoms with van der Waals surface area (Å²) in [5.74, 6) is 0.664. The van der Waals surface area contributed by atoms with E-state index >= 15 is 0 Å².